The van der Waals surface area contributed by atoms with E-state index in [2.05, 4.69) is 28.9 Å². The molecule has 0 aliphatic carbocycles. The van der Waals surface area contributed by atoms with Gasteiger partial charge >= 0.3 is 0 Å². The van der Waals surface area contributed by atoms with Gasteiger partial charge in [-0.05, 0) is 67.8 Å². The number of rotatable bonds is 3. The topological polar surface area (TPSA) is 73.5 Å². The van der Waals surface area contributed by atoms with Crippen LogP contribution in [0.1, 0.15) is 51.2 Å². The van der Waals surface area contributed by atoms with Gasteiger partial charge in [-0.2, -0.15) is 0 Å². The van der Waals surface area contributed by atoms with E-state index in [1.165, 1.54) is 0 Å². The maximum absolute atomic E-state index is 13.6. The molecule has 6 heteroatoms. The molecule has 0 bridgehead atoms. The molecule has 1 saturated heterocycles. The highest BCUT2D eigenvalue weighted by Crippen LogP contribution is 2.36. The molecule has 3 unspecified atom stereocenters. The van der Waals surface area contributed by atoms with E-state index in [1.807, 2.05) is 60.4 Å². The van der Waals surface area contributed by atoms with Gasteiger partial charge in [-0.3, -0.25) is 20.2 Å². The largest absolute Gasteiger partial charge is 0.322 e. The average molecular weight is 441 g/mol. The number of carbonyl (C=O) groups is 2. The Balaban J connectivity index is 1.40. The van der Waals surface area contributed by atoms with Gasteiger partial charge in [0.25, 0.3) is 11.8 Å². The van der Waals surface area contributed by atoms with Crippen molar-refractivity contribution in [2.45, 2.75) is 38.5 Å². The Bertz CT molecular complexity index is 1190. The third kappa shape index (κ3) is 4.15. The van der Waals surface area contributed by atoms with Gasteiger partial charge in [0, 0.05) is 35.1 Å². The van der Waals surface area contributed by atoms with Crippen molar-refractivity contribution in [2.24, 2.45) is 0 Å². The van der Waals surface area contributed by atoms with Crippen LogP contribution in [0.2, 0.25) is 0 Å². The van der Waals surface area contributed by atoms with Crippen LogP contribution in [-0.2, 0) is 0 Å². The van der Waals surface area contributed by atoms with Crippen LogP contribution in [-0.4, -0.2) is 30.6 Å². The van der Waals surface area contributed by atoms with E-state index >= 15 is 0 Å². The highest BCUT2D eigenvalue weighted by Gasteiger charge is 2.37. The van der Waals surface area contributed by atoms with Gasteiger partial charge in [0.1, 0.15) is 0 Å². The molecule has 2 amide bonds. The summed E-state index contributed by atoms with van der Waals surface area (Å²) in [6.07, 6.45) is 1.11. The van der Waals surface area contributed by atoms with Crippen molar-refractivity contribution in [1.29, 1.82) is 0 Å². The van der Waals surface area contributed by atoms with Gasteiger partial charge in [-0.25, -0.2) is 0 Å². The smallest absolute Gasteiger partial charge is 0.258 e. The third-order valence-electron chi connectivity index (χ3n) is 6.53. The summed E-state index contributed by atoms with van der Waals surface area (Å²) < 4.78 is 0. The van der Waals surface area contributed by atoms with Crippen molar-refractivity contribution in [3.05, 3.63) is 95.1 Å². The first-order valence-electron chi connectivity index (χ1n) is 11.4. The molecule has 0 radical (unpaired) electrons. The van der Waals surface area contributed by atoms with Gasteiger partial charge in [0.15, 0.2) is 0 Å². The van der Waals surface area contributed by atoms with Crippen LogP contribution in [0.4, 0.5) is 11.4 Å². The number of hydrogen-bond donors (Lipinski definition) is 3. The lowest BCUT2D eigenvalue weighted by Crippen LogP contribution is -2.36. The molecule has 3 N–H and O–H groups in total. The van der Waals surface area contributed by atoms with Crippen LogP contribution in [0.3, 0.4) is 0 Å². The van der Waals surface area contributed by atoms with Crippen LogP contribution >= 0.6 is 0 Å². The fourth-order valence-corrected chi connectivity index (χ4v) is 4.88. The van der Waals surface area contributed by atoms with Gasteiger partial charge in [-0.1, -0.05) is 36.4 Å². The molecule has 5 rings (SSSR count). The van der Waals surface area contributed by atoms with E-state index in [9.17, 15) is 9.59 Å². The number of anilines is 2. The molecule has 0 saturated carbocycles. The van der Waals surface area contributed by atoms with Crippen LogP contribution < -0.4 is 20.9 Å². The maximum Gasteiger partial charge on any atom is 0.258 e. The van der Waals surface area contributed by atoms with Gasteiger partial charge in [0.05, 0.1) is 12.2 Å². The molecular formula is C27H28N4O2. The lowest BCUT2D eigenvalue weighted by Gasteiger charge is -2.24. The quantitative estimate of drug-likeness (QED) is 0.569. The van der Waals surface area contributed by atoms with Crippen molar-refractivity contribution < 1.29 is 9.59 Å². The fourth-order valence-electron chi connectivity index (χ4n) is 4.88. The molecular weight excluding hydrogens is 412 g/mol. The summed E-state index contributed by atoms with van der Waals surface area (Å²) in [6, 6.07) is 23.2. The highest BCUT2D eigenvalue weighted by atomic mass is 16.2. The Labute approximate surface area is 194 Å². The number of para-hydroxylation sites is 1. The summed E-state index contributed by atoms with van der Waals surface area (Å²) in [7, 11) is 0. The molecule has 3 aromatic carbocycles. The lowest BCUT2D eigenvalue weighted by atomic mass is 9.99. The van der Waals surface area contributed by atoms with Gasteiger partial charge < -0.3 is 10.2 Å². The first-order chi connectivity index (χ1) is 16.0. The van der Waals surface area contributed by atoms with E-state index < -0.39 is 0 Å². The van der Waals surface area contributed by atoms with Crippen LogP contribution in [0.5, 0.6) is 0 Å². The number of benzene rings is 3. The lowest BCUT2D eigenvalue weighted by molar-refractivity contribution is 0.0985. The highest BCUT2D eigenvalue weighted by molar-refractivity contribution is 6.08. The van der Waals surface area contributed by atoms with Gasteiger partial charge in [0.2, 0.25) is 0 Å². The van der Waals surface area contributed by atoms with Crippen molar-refractivity contribution in [1.82, 2.24) is 10.6 Å². The summed E-state index contributed by atoms with van der Waals surface area (Å²) in [5.41, 5.74) is 4.86. The number of nitrogens with zero attached hydrogens (tertiary/aromatic N) is 1. The molecule has 2 heterocycles. The molecule has 33 heavy (non-hydrogen) atoms. The van der Waals surface area contributed by atoms with Crippen molar-refractivity contribution in [2.75, 3.05) is 16.8 Å². The van der Waals surface area contributed by atoms with Crippen molar-refractivity contribution in [3.8, 4) is 0 Å². The number of aryl methyl sites for hydroxylation is 1. The van der Waals surface area contributed by atoms with E-state index in [0.717, 1.165) is 23.2 Å². The number of nitrogens with one attached hydrogen (secondary N) is 3. The monoisotopic (exact) mass is 440 g/mol. The predicted molar refractivity (Wildman–Crippen MR) is 131 cm³/mol. The van der Waals surface area contributed by atoms with Gasteiger partial charge in [-0.15, -0.1) is 0 Å². The molecule has 6 nitrogen and oxygen atoms in total. The van der Waals surface area contributed by atoms with Crippen LogP contribution in [0, 0.1) is 6.92 Å². The van der Waals surface area contributed by atoms with E-state index in [-0.39, 0.29) is 30.1 Å². The average Bonchev–Trinajstić information content (AvgIpc) is 3.14. The zero-order chi connectivity index (χ0) is 22.9. The number of amides is 2. The summed E-state index contributed by atoms with van der Waals surface area (Å²) in [5, 5.41) is 10.2. The zero-order valence-electron chi connectivity index (χ0n) is 18.8. The standard InChI is InChI=1S/C27H28N4O2/c1-17-16-20(12-13-22(17)30-26(32)19-8-4-3-5-9-19)27(33)31-15-14-23-25(29-18(2)28-23)21-10-6-7-11-24(21)31/h3-13,16,18,23,25,28-29H,14-15H2,1-2H3,(H,30,32). The molecule has 0 aromatic heterocycles. The second kappa shape index (κ2) is 8.81. The molecule has 168 valence electrons. The summed E-state index contributed by atoms with van der Waals surface area (Å²) >= 11 is 0. The second-order valence-electron chi connectivity index (χ2n) is 8.79. The van der Waals surface area contributed by atoms with Crippen LogP contribution in [0.15, 0.2) is 72.8 Å². The number of fused-ring (bicyclic) bond motifs is 3. The third-order valence-corrected chi connectivity index (χ3v) is 6.53. The Morgan fingerprint density at radius 1 is 0.939 bits per heavy atom. The number of carbonyl (C=O) groups excluding carboxylic acids is 2. The molecule has 0 spiro atoms. The van der Waals surface area contributed by atoms with E-state index in [4.69, 9.17) is 0 Å². The number of hydrogen-bond acceptors (Lipinski definition) is 4. The molecule has 2 aliphatic heterocycles. The van der Waals surface area contributed by atoms with E-state index in [0.29, 0.717) is 23.4 Å². The molecule has 3 aromatic rings. The minimum absolute atomic E-state index is 0.0282. The predicted octanol–water partition coefficient (Wildman–Crippen LogP) is 4.25. The Kier molecular flexibility index (Phi) is 5.70. The minimum atomic E-state index is -0.167. The first-order valence-corrected chi connectivity index (χ1v) is 11.4. The maximum atomic E-state index is 13.6. The summed E-state index contributed by atoms with van der Waals surface area (Å²) in [6.45, 7) is 4.68. The minimum Gasteiger partial charge on any atom is -0.322 e. The van der Waals surface area contributed by atoms with Crippen molar-refractivity contribution >= 4 is 23.2 Å². The van der Waals surface area contributed by atoms with Crippen molar-refractivity contribution in [3.63, 3.8) is 0 Å². The molecule has 3 atom stereocenters. The Hall–Kier alpha value is -3.48. The SMILES string of the molecule is Cc1cc(C(=O)N2CCC3NC(C)NC3c3ccccc32)ccc1NC(=O)c1ccccc1. The first kappa shape index (κ1) is 21.4. The van der Waals surface area contributed by atoms with Crippen LogP contribution in [0.25, 0.3) is 0 Å². The normalized spacial score (nSPS) is 21.6. The second-order valence-corrected chi connectivity index (χ2v) is 8.79. The molecule has 2 aliphatic rings. The Morgan fingerprint density at radius 2 is 1.70 bits per heavy atom. The summed E-state index contributed by atoms with van der Waals surface area (Å²) in [5.74, 6) is -0.195. The Morgan fingerprint density at radius 3 is 2.48 bits per heavy atom. The summed E-state index contributed by atoms with van der Waals surface area (Å²) in [4.78, 5) is 28.0. The van der Waals surface area contributed by atoms with E-state index in [1.54, 1.807) is 18.2 Å². The fraction of sp³-hybridized carbons (Fsp3) is 0.259. The zero-order valence-corrected chi connectivity index (χ0v) is 18.8. The molecule has 1 fully saturated rings.